The number of para-hydroxylation sites is 1. The minimum atomic E-state index is -0.126. The van der Waals surface area contributed by atoms with Crippen LogP contribution in [0.3, 0.4) is 0 Å². The van der Waals surface area contributed by atoms with Gasteiger partial charge in [0.15, 0.2) is 0 Å². The van der Waals surface area contributed by atoms with E-state index in [4.69, 9.17) is 9.47 Å². The number of ether oxygens (including phenoxy) is 2. The van der Waals surface area contributed by atoms with E-state index < -0.39 is 0 Å². The third kappa shape index (κ3) is 5.97. The molecular formula is C24H35N3O4S. The van der Waals surface area contributed by atoms with E-state index in [1.54, 1.807) is 0 Å². The Morgan fingerprint density at radius 3 is 2.75 bits per heavy atom. The molecule has 1 N–H and O–H groups in total. The number of rotatable bonds is 8. The van der Waals surface area contributed by atoms with Crippen molar-refractivity contribution in [3.05, 3.63) is 30.3 Å². The van der Waals surface area contributed by atoms with Crippen LogP contribution in [0.5, 0.6) is 5.75 Å². The third-order valence-corrected chi connectivity index (χ3v) is 8.06. The highest BCUT2D eigenvalue weighted by Crippen LogP contribution is 2.33. The van der Waals surface area contributed by atoms with Gasteiger partial charge < -0.3 is 19.7 Å². The molecule has 1 aromatic rings. The maximum Gasteiger partial charge on any atom is 0.226 e. The summed E-state index contributed by atoms with van der Waals surface area (Å²) in [5.74, 6) is 3.01. The van der Waals surface area contributed by atoms with Gasteiger partial charge in [0.2, 0.25) is 11.8 Å². The monoisotopic (exact) mass is 461 g/mol. The number of thioether (sulfide) groups is 1. The summed E-state index contributed by atoms with van der Waals surface area (Å²) in [5.41, 5.74) is 0.0447. The predicted octanol–water partition coefficient (Wildman–Crippen LogP) is 2.02. The van der Waals surface area contributed by atoms with Crippen molar-refractivity contribution in [2.45, 2.75) is 31.2 Å². The number of nitrogens with zero attached hydrogens (tertiary/aromatic N) is 2. The molecule has 3 aliphatic heterocycles. The highest BCUT2D eigenvalue weighted by Gasteiger charge is 2.41. The minimum Gasteiger partial charge on any atom is -0.493 e. The number of likely N-dealkylation sites (tertiary alicyclic amines) is 1. The van der Waals surface area contributed by atoms with Gasteiger partial charge in [-0.25, -0.2) is 0 Å². The van der Waals surface area contributed by atoms with Crippen molar-refractivity contribution in [2.24, 2.45) is 5.92 Å². The van der Waals surface area contributed by atoms with Crippen molar-refractivity contribution in [1.29, 1.82) is 0 Å². The molecule has 0 aromatic heterocycles. The van der Waals surface area contributed by atoms with E-state index in [-0.39, 0.29) is 23.3 Å². The average Bonchev–Trinajstić information content (AvgIpc) is 3.34. The molecule has 2 unspecified atom stereocenters. The second-order valence-corrected chi connectivity index (χ2v) is 10.0. The van der Waals surface area contributed by atoms with Crippen LogP contribution in [-0.4, -0.2) is 91.2 Å². The van der Waals surface area contributed by atoms with Gasteiger partial charge in [-0.1, -0.05) is 18.2 Å². The van der Waals surface area contributed by atoms with Crippen LogP contribution in [0.2, 0.25) is 0 Å². The van der Waals surface area contributed by atoms with E-state index in [2.05, 4.69) is 10.2 Å². The Labute approximate surface area is 195 Å². The number of carbonyl (C=O) groups excluding carboxylic acids is 2. The molecule has 2 atom stereocenters. The highest BCUT2D eigenvalue weighted by molar-refractivity contribution is 7.99. The topological polar surface area (TPSA) is 71.1 Å². The number of benzene rings is 1. The molecule has 4 rings (SSSR count). The van der Waals surface area contributed by atoms with Gasteiger partial charge in [-0.2, -0.15) is 11.8 Å². The van der Waals surface area contributed by atoms with Crippen LogP contribution in [0.1, 0.15) is 25.7 Å². The molecule has 2 amide bonds. The van der Waals surface area contributed by atoms with E-state index in [0.717, 1.165) is 69.4 Å². The average molecular weight is 462 g/mol. The first-order valence-electron chi connectivity index (χ1n) is 11.8. The van der Waals surface area contributed by atoms with Gasteiger partial charge in [0.05, 0.1) is 32.2 Å². The van der Waals surface area contributed by atoms with Gasteiger partial charge in [0, 0.05) is 44.0 Å². The van der Waals surface area contributed by atoms with Gasteiger partial charge >= 0.3 is 0 Å². The molecule has 0 radical (unpaired) electrons. The first kappa shape index (κ1) is 23.4. The Hall–Kier alpha value is -1.77. The zero-order chi connectivity index (χ0) is 22.2. The van der Waals surface area contributed by atoms with E-state index in [9.17, 15) is 9.59 Å². The number of hydrogen-bond donors (Lipinski definition) is 1. The van der Waals surface area contributed by atoms with Crippen LogP contribution in [-0.2, 0) is 14.3 Å². The Bertz CT molecular complexity index is 751. The molecule has 0 bridgehead atoms. The van der Waals surface area contributed by atoms with Crippen molar-refractivity contribution in [3.8, 4) is 5.75 Å². The molecule has 0 spiro atoms. The summed E-state index contributed by atoms with van der Waals surface area (Å²) >= 11 is 1.97. The Balaban J connectivity index is 1.24. The van der Waals surface area contributed by atoms with Crippen LogP contribution >= 0.6 is 11.8 Å². The Kier molecular flexibility index (Phi) is 8.32. The van der Waals surface area contributed by atoms with Gasteiger partial charge in [0.1, 0.15) is 5.75 Å². The molecule has 3 saturated heterocycles. The Morgan fingerprint density at radius 1 is 1.19 bits per heavy atom. The van der Waals surface area contributed by atoms with E-state index in [1.165, 1.54) is 0 Å². The lowest BCUT2D eigenvalue weighted by Gasteiger charge is -2.43. The van der Waals surface area contributed by atoms with Crippen LogP contribution in [0, 0.1) is 5.92 Å². The van der Waals surface area contributed by atoms with Gasteiger partial charge in [-0.3, -0.25) is 14.5 Å². The van der Waals surface area contributed by atoms with Crippen molar-refractivity contribution in [1.82, 2.24) is 15.1 Å². The van der Waals surface area contributed by atoms with Crippen LogP contribution in [0.15, 0.2) is 30.3 Å². The molecule has 3 heterocycles. The zero-order valence-electron chi connectivity index (χ0n) is 18.8. The summed E-state index contributed by atoms with van der Waals surface area (Å²) in [5, 5.41) is 3.26. The molecule has 3 fully saturated rings. The smallest absolute Gasteiger partial charge is 0.226 e. The van der Waals surface area contributed by atoms with Crippen LogP contribution in [0.4, 0.5) is 0 Å². The summed E-state index contributed by atoms with van der Waals surface area (Å²) in [6.45, 7) is 5.70. The number of piperidine rings is 1. The normalized spacial score (nSPS) is 26.6. The van der Waals surface area contributed by atoms with E-state index in [0.29, 0.717) is 26.1 Å². The number of morpholine rings is 1. The maximum atomic E-state index is 13.0. The number of carbonyl (C=O) groups is 2. The first-order valence-corrected chi connectivity index (χ1v) is 13.0. The standard InChI is InChI=1S/C24H35N3O4S/c28-22(8-13-31-21-6-2-1-3-7-21)26-10-4-5-20(17-26)23(29)25-18-24(9-16-32-19-24)27-11-14-30-15-12-27/h1-3,6-7,20H,4-5,8-19H2,(H,25,29). The molecule has 7 nitrogen and oxygen atoms in total. The number of nitrogens with one attached hydrogen (secondary N) is 1. The molecule has 0 aliphatic carbocycles. The van der Waals surface area contributed by atoms with Gasteiger partial charge in [-0.05, 0) is 37.1 Å². The largest absolute Gasteiger partial charge is 0.493 e. The SMILES string of the molecule is O=C(NCC1(N2CCOCC2)CCSC1)C1CCCN(C(=O)CCOc2ccccc2)C1. The molecule has 0 saturated carbocycles. The highest BCUT2D eigenvalue weighted by atomic mass is 32.2. The van der Waals surface area contributed by atoms with E-state index in [1.807, 2.05) is 47.0 Å². The lowest BCUT2D eigenvalue weighted by atomic mass is 9.93. The van der Waals surface area contributed by atoms with Crippen molar-refractivity contribution >= 4 is 23.6 Å². The summed E-state index contributed by atoms with van der Waals surface area (Å²) in [7, 11) is 0. The molecule has 8 heteroatoms. The summed E-state index contributed by atoms with van der Waals surface area (Å²) < 4.78 is 11.2. The fourth-order valence-corrected chi connectivity index (χ4v) is 6.36. The second kappa shape index (κ2) is 11.4. The fourth-order valence-electron chi connectivity index (χ4n) is 4.88. The second-order valence-electron chi connectivity index (χ2n) is 8.93. The van der Waals surface area contributed by atoms with Gasteiger partial charge in [-0.15, -0.1) is 0 Å². The maximum absolute atomic E-state index is 13.0. The number of amides is 2. The van der Waals surface area contributed by atoms with Crippen LogP contribution in [0.25, 0.3) is 0 Å². The number of hydrogen-bond acceptors (Lipinski definition) is 6. The summed E-state index contributed by atoms with van der Waals surface area (Å²) in [6, 6.07) is 9.54. The quantitative estimate of drug-likeness (QED) is 0.639. The van der Waals surface area contributed by atoms with Crippen molar-refractivity contribution < 1.29 is 19.1 Å². The lowest BCUT2D eigenvalue weighted by Crippen LogP contribution is -2.60. The van der Waals surface area contributed by atoms with E-state index >= 15 is 0 Å². The molecule has 3 aliphatic rings. The summed E-state index contributed by atoms with van der Waals surface area (Å²) in [6.07, 6.45) is 3.15. The molecule has 1 aromatic carbocycles. The van der Waals surface area contributed by atoms with Gasteiger partial charge in [0.25, 0.3) is 0 Å². The third-order valence-electron chi connectivity index (χ3n) is 6.83. The Morgan fingerprint density at radius 2 is 2.00 bits per heavy atom. The fraction of sp³-hybridized carbons (Fsp3) is 0.667. The van der Waals surface area contributed by atoms with Crippen LogP contribution < -0.4 is 10.1 Å². The van der Waals surface area contributed by atoms with Crippen molar-refractivity contribution in [3.63, 3.8) is 0 Å². The molecular weight excluding hydrogens is 426 g/mol. The summed E-state index contributed by atoms with van der Waals surface area (Å²) in [4.78, 5) is 30.0. The minimum absolute atomic E-state index is 0.0447. The first-order chi connectivity index (χ1) is 15.7. The molecule has 176 valence electrons. The zero-order valence-corrected chi connectivity index (χ0v) is 19.6. The van der Waals surface area contributed by atoms with Crippen molar-refractivity contribution in [2.75, 3.05) is 64.1 Å². The molecule has 32 heavy (non-hydrogen) atoms. The lowest BCUT2D eigenvalue weighted by molar-refractivity contribution is -0.136. The predicted molar refractivity (Wildman–Crippen MR) is 126 cm³/mol.